The van der Waals surface area contributed by atoms with E-state index in [2.05, 4.69) is 4.98 Å². The van der Waals surface area contributed by atoms with Crippen LogP contribution in [0.3, 0.4) is 0 Å². The molecule has 0 radical (unpaired) electrons. The molecule has 0 aliphatic rings. The molecule has 3 aromatic carbocycles. The smallest absolute Gasteiger partial charge is 0.355 e. The van der Waals surface area contributed by atoms with Gasteiger partial charge in [0, 0.05) is 28.5 Å². The van der Waals surface area contributed by atoms with Crippen LogP contribution in [0, 0.1) is 0 Å². The molecule has 0 fully saturated rings. The molecule has 0 atom stereocenters. The lowest BCUT2D eigenvalue weighted by molar-refractivity contribution is 0.0591. The quantitative estimate of drug-likeness (QED) is 0.156. The Kier molecular flexibility index (Phi) is 11.1. The second kappa shape index (κ2) is 14.5. The first-order chi connectivity index (χ1) is 20.4. The zero-order valence-corrected chi connectivity index (χ0v) is 26.0. The van der Waals surface area contributed by atoms with Crippen molar-refractivity contribution in [2.45, 2.75) is 6.61 Å². The van der Waals surface area contributed by atoms with Crippen molar-refractivity contribution in [3.05, 3.63) is 101 Å². The molecule has 0 saturated heterocycles. The summed E-state index contributed by atoms with van der Waals surface area (Å²) in [6, 6.07) is 20.7. The number of hydrogen-bond acceptors (Lipinski definition) is 9. The number of nitrogens with two attached hydrogens (primary N) is 1. The molecule has 5 aromatic rings. The Balaban J connectivity index is 0.00000264. The number of nitrogen functional groups attached to an aromatic ring is 1. The van der Waals surface area contributed by atoms with Crippen molar-refractivity contribution >= 4 is 47.2 Å². The Labute approximate surface area is 266 Å². The molecule has 5 rings (SSSR count). The number of fused-ring (bicyclic) bond motifs is 1. The first-order valence-electron chi connectivity index (χ1n) is 12.9. The first kappa shape index (κ1) is 33.6. The zero-order valence-electron chi connectivity index (χ0n) is 24.4. The number of methoxy groups -OCH3 is 4. The number of nitrogens with zero attached hydrogens (tertiary/aromatic N) is 2. The van der Waals surface area contributed by atoms with E-state index in [-0.39, 0.29) is 42.5 Å². The second-order valence-electron chi connectivity index (χ2n) is 9.15. The normalized spacial score (nSPS) is 10.3. The van der Waals surface area contributed by atoms with Crippen LogP contribution in [-0.2, 0) is 11.3 Å². The van der Waals surface area contributed by atoms with Crippen molar-refractivity contribution in [1.29, 1.82) is 0 Å². The van der Waals surface area contributed by atoms with Crippen LogP contribution in [0.15, 0.2) is 83.8 Å². The van der Waals surface area contributed by atoms with Gasteiger partial charge >= 0.3 is 5.97 Å². The van der Waals surface area contributed by atoms with Crippen molar-refractivity contribution in [3.8, 4) is 39.8 Å². The van der Waals surface area contributed by atoms with Gasteiger partial charge in [0.05, 0.1) is 39.5 Å². The minimum atomic E-state index is -0.727. The summed E-state index contributed by atoms with van der Waals surface area (Å²) in [6.07, 6.45) is 1.67. The van der Waals surface area contributed by atoms with E-state index in [1.165, 1.54) is 33.0 Å². The van der Waals surface area contributed by atoms with Crippen LogP contribution in [0.4, 0.5) is 5.69 Å². The maximum absolute atomic E-state index is 14.4. The largest absolute Gasteiger partial charge is 0.493 e. The summed E-state index contributed by atoms with van der Waals surface area (Å²) in [5.74, 6) is 0.693. The maximum atomic E-state index is 14.4. The Morgan fingerprint density at radius 3 is 2.09 bits per heavy atom. The van der Waals surface area contributed by atoms with Gasteiger partial charge in [-0.05, 0) is 60.2 Å². The Morgan fingerprint density at radius 2 is 1.52 bits per heavy atom. The van der Waals surface area contributed by atoms with Crippen molar-refractivity contribution in [3.63, 3.8) is 0 Å². The van der Waals surface area contributed by atoms with E-state index in [1.54, 1.807) is 60.8 Å². The molecule has 2 N–H and O–H groups in total. The van der Waals surface area contributed by atoms with E-state index in [0.717, 1.165) is 0 Å². The third-order valence-corrected chi connectivity index (χ3v) is 6.76. The summed E-state index contributed by atoms with van der Waals surface area (Å²) in [7, 11) is 5.76. The molecule has 0 unspecified atom stereocenters. The van der Waals surface area contributed by atoms with Gasteiger partial charge in [0.2, 0.25) is 5.75 Å². The molecule has 10 nitrogen and oxygen atoms in total. The number of esters is 1. The van der Waals surface area contributed by atoms with Gasteiger partial charge in [-0.15, -0.1) is 24.8 Å². The second-order valence-corrected chi connectivity index (χ2v) is 9.15. The standard InChI is InChI=1S/C32H29N3O7.2ClH/c1-38-25-16-19(17-26(39-2)30(25)40-3)27-23-9-7-10-24(42-18-21-8-5-6-15-34-21)28(23)31(36)35(29(27)32(37)41-4)22-13-11-20(33)12-14-22;;/h5-17H,18,33H2,1-4H3;2*1H. The number of rotatable bonds is 9. The molecule has 0 bridgehead atoms. The highest BCUT2D eigenvalue weighted by atomic mass is 35.5. The lowest BCUT2D eigenvalue weighted by Gasteiger charge is -2.21. The molecule has 12 heteroatoms. The van der Waals surface area contributed by atoms with Gasteiger partial charge in [0.25, 0.3) is 5.56 Å². The Bertz CT molecular complexity index is 1800. The third kappa shape index (κ3) is 6.22. The molecule has 0 aliphatic heterocycles. The van der Waals surface area contributed by atoms with Gasteiger partial charge < -0.3 is 29.4 Å². The Morgan fingerprint density at radius 1 is 0.841 bits per heavy atom. The lowest BCUT2D eigenvalue weighted by Crippen LogP contribution is -2.27. The average Bonchev–Trinajstić information content (AvgIpc) is 3.03. The average molecular weight is 641 g/mol. The molecule has 2 heterocycles. The van der Waals surface area contributed by atoms with Gasteiger partial charge in [0.1, 0.15) is 18.1 Å². The topological polar surface area (TPSA) is 124 Å². The van der Waals surface area contributed by atoms with Crippen LogP contribution < -0.4 is 30.2 Å². The summed E-state index contributed by atoms with van der Waals surface area (Å²) in [5.41, 5.74) is 7.96. The molecule has 230 valence electrons. The molecule has 2 aromatic heterocycles. The molecule has 44 heavy (non-hydrogen) atoms. The number of halogens is 2. The molecular formula is C32H31Cl2N3O7. The lowest BCUT2D eigenvalue weighted by atomic mass is 9.95. The number of pyridine rings is 2. The SMILES string of the molecule is COC(=O)c1c(-c2cc(OC)c(OC)c(OC)c2)c2cccc(OCc3ccccn3)c2c(=O)n1-c1ccc(N)cc1.Cl.Cl. The minimum absolute atomic E-state index is 0. The summed E-state index contributed by atoms with van der Waals surface area (Å²) < 4.78 is 29.4. The van der Waals surface area contributed by atoms with Crippen LogP contribution in [0.2, 0.25) is 0 Å². The number of hydrogen-bond donors (Lipinski definition) is 1. The maximum Gasteiger partial charge on any atom is 0.355 e. The number of carbonyl (C=O) groups excluding carboxylic acids is 1. The van der Waals surface area contributed by atoms with Crippen molar-refractivity contribution in [1.82, 2.24) is 9.55 Å². The molecule has 0 spiro atoms. The van der Waals surface area contributed by atoms with Crippen LogP contribution in [0.1, 0.15) is 16.2 Å². The van der Waals surface area contributed by atoms with Gasteiger partial charge in [-0.3, -0.25) is 14.3 Å². The van der Waals surface area contributed by atoms with Gasteiger partial charge in [-0.2, -0.15) is 0 Å². The zero-order chi connectivity index (χ0) is 29.8. The van der Waals surface area contributed by atoms with E-state index in [4.69, 9.17) is 29.4 Å². The number of aromatic nitrogens is 2. The molecular weight excluding hydrogens is 609 g/mol. The van der Waals surface area contributed by atoms with Crippen LogP contribution in [0.25, 0.3) is 27.6 Å². The van der Waals surface area contributed by atoms with Gasteiger partial charge in [0.15, 0.2) is 11.5 Å². The Hall–Kier alpha value is -4.93. The highest BCUT2D eigenvalue weighted by Crippen LogP contribution is 2.44. The highest BCUT2D eigenvalue weighted by molar-refractivity contribution is 6.09. The summed E-state index contributed by atoms with van der Waals surface area (Å²) >= 11 is 0. The number of anilines is 1. The van der Waals surface area contributed by atoms with E-state index in [0.29, 0.717) is 56.6 Å². The van der Waals surface area contributed by atoms with E-state index < -0.39 is 11.5 Å². The molecule has 0 amide bonds. The summed E-state index contributed by atoms with van der Waals surface area (Å²) in [5, 5.41) is 0.710. The predicted molar refractivity (Wildman–Crippen MR) is 173 cm³/mol. The van der Waals surface area contributed by atoms with Gasteiger partial charge in [-0.25, -0.2) is 4.79 Å². The fourth-order valence-electron chi connectivity index (χ4n) is 4.85. The number of ether oxygens (including phenoxy) is 5. The van der Waals surface area contributed by atoms with E-state index in [1.807, 2.05) is 18.2 Å². The monoisotopic (exact) mass is 639 g/mol. The third-order valence-electron chi connectivity index (χ3n) is 6.76. The number of carbonyl (C=O) groups is 1. The van der Waals surface area contributed by atoms with Crippen molar-refractivity contribution < 1.29 is 28.5 Å². The molecule has 0 aliphatic carbocycles. The van der Waals surface area contributed by atoms with E-state index in [9.17, 15) is 9.59 Å². The summed E-state index contributed by atoms with van der Waals surface area (Å²) in [4.78, 5) is 32.3. The minimum Gasteiger partial charge on any atom is -0.493 e. The highest BCUT2D eigenvalue weighted by Gasteiger charge is 2.28. The van der Waals surface area contributed by atoms with E-state index >= 15 is 0 Å². The van der Waals surface area contributed by atoms with Gasteiger partial charge in [-0.1, -0.05) is 18.2 Å². The van der Waals surface area contributed by atoms with Crippen LogP contribution >= 0.6 is 24.8 Å². The van der Waals surface area contributed by atoms with Crippen molar-refractivity contribution in [2.75, 3.05) is 34.2 Å². The van der Waals surface area contributed by atoms with Crippen LogP contribution in [0.5, 0.6) is 23.0 Å². The fourth-order valence-corrected chi connectivity index (χ4v) is 4.85. The summed E-state index contributed by atoms with van der Waals surface area (Å²) in [6.45, 7) is 0.125. The molecule has 0 saturated carbocycles. The fraction of sp³-hybridized carbons (Fsp3) is 0.156. The first-order valence-corrected chi connectivity index (χ1v) is 12.9. The van der Waals surface area contributed by atoms with Crippen molar-refractivity contribution in [2.24, 2.45) is 0 Å². The predicted octanol–water partition coefficient (Wildman–Crippen LogP) is 5.87. The van der Waals surface area contributed by atoms with Crippen LogP contribution in [-0.4, -0.2) is 44.0 Å². The number of benzene rings is 3.